The van der Waals surface area contributed by atoms with Gasteiger partial charge in [-0.2, -0.15) is 0 Å². The van der Waals surface area contributed by atoms with E-state index >= 15 is 0 Å². The van der Waals surface area contributed by atoms with Crippen LogP contribution in [0.2, 0.25) is 10.0 Å². The van der Waals surface area contributed by atoms with Gasteiger partial charge in [0, 0.05) is 22.6 Å². The van der Waals surface area contributed by atoms with Crippen LogP contribution in [0.15, 0.2) is 48.5 Å². The smallest absolute Gasteiger partial charge is 0.242 e. The summed E-state index contributed by atoms with van der Waals surface area (Å²) in [6.07, 6.45) is 0.956. The van der Waals surface area contributed by atoms with Crippen molar-refractivity contribution in [3.63, 3.8) is 0 Å². The molecular weight excluding hydrogens is 395 g/mol. The molecule has 2 aromatic carbocycles. The second-order valence-electron chi connectivity index (χ2n) is 6.91. The fraction of sp³-hybridized carbons (Fsp3) is 0.364. The molecule has 0 heterocycles. The Bertz CT molecular complexity index is 808. The monoisotopic (exact) mass is 420 g/mol. The predicted molar refractivity (Wildman–Crippen MR) is 115 cm³/mol. The van der Waals surface area contributed by atoms with Crippen LogP contribution in [0.1, 0.15) is 38.3 Å². The molecule has 0 fully saturated rings. The van der Waals surface area contributed by atoms with Crippen molar-refractivity contribution < 1.29 is 9.59 Å². The molecule has 2 atom stereocenters. The number of halogens is 2. The van der Waals surface area contributed by atoms with E-state index in [9.17, 15) is 9.59 Å². The van der Waals surface area contributed by atoms with E-state index in [4.69, 9.17) is 23.2 Å². The first-order valence-electron chi connectivity index (χ1n) is 9.39. The molecule has 0 bridgehead atoms. The van der Waals surface area contributed by atoms with E-state index in [1.807, 2.05) is 44.2 Å². The van der Waals surface area contributed by atoms with Crippen molar-refractivity contribution in [2.24, 2.45) is 0 Å². The first-order valence-corrected chi connectivity index (χ1v) is 10.1. The maximum Gasteiger partial charge on any atom is 0.242 e. The number of nitrogens with zero attached hydrogens (tertiary/aromatic N) is 1. The highest BCUT2D eigenvalue weighted by Crippen LogP contribution is 2.19. The SMILES string of the molecule is CC[C@H](C)NC(=O)[C@H](C)N(Cc1ccc(Cl)cc1)C(=O)Cc1ccccc1Cl. The first kappa shape index (κ1) is 22.3. The largest absolute Gasteiger partial charge is 0.352 e. The van der Waals surface area contributed by atoms with Crippen LogP contribution in [0.5, 0.6) is 0 Å². The Hall–Kier alpha value is -2.04. The van der Waals surface area contributed by atoms with Crippen molar-refractivity contribution in [1.29, 1.82) is 0 Å². The zero-order valence-corrected chi connectivity index (χ0v) is 17.9. The molecule has 1 N–H and O–H groups in total. The van der Waals surface area contributed by atoms with Crippen LogP contribution < -0.4 is 5.32 Å². The van der Waals surface area contributed by atoms with Gasteiger partial charge >= 0.3 is 0 Å². The van der Waals surface area contributed by atoms with E-state index in [0.717, 1.165) is 17.5 Å². The predicted octanol–water partition coefficient (Wildman–Crippen LogP) is 4.87. The van der Waals surface area contributed by atoms with Crippen molar-refractivity contribution in [2.75, 3.05) is 0 Å². The Labute approximate surface area is 176 Å². The van der Waals surface area contributed by atoms with Crippen LogP contribution in [0, 0.1) is 0 Å². The van der Waals surface area contributed by atoms with Crippen LogP contribution in [-0.4, -0.2) is 28.8 Å². The van der Waals surface area contributed by atoms with E-state index in [0.29, 0.717) is 16.6 Å². The van der Waals surface area contributed by atoms with Crippen LogP contribution >= 0.6 is 23.2 Å². The van der Waals surface area contributed by atoms with Crippen LogP contribution in [-0.2, 0) is 22.6 Å². The molecule has 6 heteroatoms. The molecular formula is C22H26Cl2N2O2. The van der Waals surface area contributed by atoms with Gasteiger partial charge in [-0.05, 0) is 49.6 Å². The quantitative estimate of drug-likeness (QED) is 0.661. The third kappa shape index (κ3) is 6.25. The fourth-order valence-electron chi connectivity index (χ4n) is 2.74. The molecule has 0 aliphatic carbocycles. The van der Waals surface area contributed by atoms with Gasteiger partial charge in [0.15, 0.2) is 0 Å². The number of carbonyl (C=O) groups excluding carboxylic acids is 2. The lowest BCUT2D eigenvalue weighted by Crippen LogP contribution is -2.49. The highest BCUT2D eigenvalue weighted by atomic mass is 35.5. The van der Waals surface area contributed by atoms with E-state index in [2.05, 4.69) is 5.32 Å². The summed E-state index contributed by atoms with van der Waals surface area (Å²) >= 11 is 12.2. The van der Waals surface area contributed by atoms with Crippen LogP contribution in [0.25, 0.3) is 0 Å². The average Bonchev–Trinajstić information content (AvgIpc) is 2.68. The molecule has 0 aliphatic heterocycles. The maximum absolute atomic E-state index is 13.1. The second-order valence-corrected chi connectivity index (χ2v) is 7.75. The number of rotatable bonds is 8. The fourth-order valence-corrected chi connectivity index (χ4v) is 3.07. The van der Waals surface area contributed by atoms with Crippen molar-refractivity contribution in [2.45, 2.75) is 52.2 Å². The van der Waals surface area contributed by atoms with Gasteiger partial charge in [0.1, 0.15) is 6.04 Å². The summed E-state index contributed by atoms with van der Waals surface area (Å²) in [6.45, 7) is 6.01. The van der Waals surface area contributed by atoms with Crippen molar-refractivity contribution in [1.82, 2.24) is 10.2 Å². The van der Waals surface area contributed by atoms with Gasteiger partial charge in [-0.3, -0.25) is 9.59 Å². The molecule has 0 unspecified atom stereocenters. The zero-order valence-electron chi connectivity index (χ0n) is 16.4. The van der Waals surface area contributed by atoms with Crippen LogP contribution in [0.3, 0.4) is 0 Å². The number of benzene rings is 2. The lowest BCUT2D eigenvalue weighted by molar-refractivity contribution is -0.140. The maximum atomic E-state index is 13.1. The van der Waals surface area contributed by atoms with Gasteiger partial charge in [0.2, 0.25) is 11.8 Å². The minimum absolute atomic E-state index is 0.0472. The van der Waals surface area contributed by atoms with Crippen molar-refractivity contribution >= 4 is 35.0 Å². The van der Waals surface area contributed by atoms with E-state index < -0.39 is 6.04 Å². The molecule has 0 radical (unpaired) electrons. The molecule has 0 saturated heterocycles. The van der Waals surface area contributed by atoms with Crippen molar-refractivity contribution in [3.8, 4) is 0 Å². The highest BCUT2D eigenvalue weighted by Gasteiger charge is 2.27. The van der Waals surface area contributed by atoms with Crippen molar-refractivity contribution in [3.05, 3.63) is 69.7 Å². The summed E-state index contributed by atoms with van der Waals surface area (Å²) < 4.78 is 0. The molecule has 2 rings (SSSR count). The molecule has 4 nitrogen and oxygen atoms in total. The normalized spacial score (nSPS) is 12.9. The number of hydrogen-bond donors (Lipinski definition) is 1. The summed E-state index contributed by atoms with van der Waals surface area (Å²) in [7, 11) is 0. The van der Waals surface area contributed by atoms with Crippen LogP contribution in [0.4, 0.5) is 0 Å². The van der Waals surface area contributed by atoms with Gasteiger partial charge in [-0.1, -0.05) is 60.5 Å². The Morgan fingerprint density at radius 1 is 1.04 bits per heavy atom. The van der Waals surface area contributed by atoms with Gasteiger partial charge in [-0.25, -0.2) is 0 Å². The molecule has 0 saturated carbocycles. The summed E-state index contributed by atoms with van der Waals surface area (Å²) in [6, 6.07) is 14.0. The first-order chi connectivity index (χ1) is 13.3. The Kier molecular flexibility index (Phi) is 8.34. The zero-order chi connectivity index (χ0) is 20.7. The topological polar surface area (TPSA) is 49.4 Å². The Morgan fingerprint density at radius 3 is 2.29 bits per heavy atom. The average molecular weight is 421 g/mol. The minimum Gasteiger partial charge on any atom is -0.352 e. The molecule has 0 aliphatic rings. The second kappa shape index (κ2) is 10.5. The van der Waals surface area contributed by atoms with E-state index in [-0.39, 0.29) is 24.3 Å². The number of hydrogen-bond acceptors (Lipinski definition) is 2. The molecule has 0 spiro atoms. The lowest BCUT2D eigenvalue weighted by Gasteiger charge is -2.30. The van der Waals surface area contributed by atoms with Gasteiger partial charge in [0.05, 0.1) is 6.42 Å². The third-order valence-electron chi connectivity index (χ3n) is 4.73. The number of nitrogens with one attached hydrogen (secondary N) is 1. The molecule has 2 amide bonds. The number of carbonyl (C=O) groups is 2. The lowest BCUT2D eigenvalue weighted by atomic mass is 10.1. The summed E-state index contributed by atoms with van der Waals surface area (Å²) in [5.74, 6) is -0.328. The van der Waals surface area contributed by atoms with Gasteiger partial charge < -0.3 is 10.2 Å². The van der Waals surface area contributed by atoms with Gasteiger partial charge in [-0.15, -0.1) is 0 Å². The highest BCUT2D eigenvalue weighted by molar-refractivity contribution is 6.31. The van der Waals surface area contributed by atoms with Gasteiger partial charge in [0.25, 0.3) is 0 Å². The Morgan fingerprint density at radius 2 is 1.68 bits per heavy atom. The molecule has 0 aromatic heterocycles. The molecule has 150 valence electrons. The van der Waals surface area contributed by atoms with E-state index in [1.54, 1.807) is 30.0 Å². The summed E-state index contributed by atoms with van der Waals surface area (Å²) in [5, 5.41) is 4.12. The molecule has 28 heavy (non-hydrogen) atoms. The van der Waals surface area contributed by atoms with E-state index in [1.165, 1.54) is 0 Å². The number of amides is 2. The summed E-state index contributed by atoms with van der Waals surface area (Å²) in [5.41, 5.74) is 1.64. The minimum atomic E-state index is -0.611. The standard InChI is InChI=1S/C22H26Cl2N2O2/c1-4-15(2)25-22(28)16(3)26(14-17-9-11-19(23)12-10-17)21(27)13-18-7-5-6-8-20(18)24/h5-12,15-16H,4,13-14H2,1-3H3,(H,25,28)/t15-,16-/m0/s1. The Balaban J connectivity index is 2.23. The summed E-state index contributed by atoms with van der Waals surface area (Å²) in [4.78, 5) is 27.4. The molecule has 2 aromatic rings. The third-order valence-corrected chi connectivity index (χ3v) is 5.35.